The second-order valence-corrected chi connectivity index (χ2v) is 6.08. The maximum absolute atomic E-state index is 10.6. The molecule has 0 saturated carbocycles. The Kier molecular flexibility index (Phi) is 6.23. The Bertz CT molecular complexity index is 398. The lowest BCUT2D eigenvalue weighted by molar-refractivity contribution is -0.133. The highest BCUT2D eigenvalue weighted by atomic mass is 32.2. The van der Waals surface area contributed by atoms with Gasteiger partial charge in [0.25, 0.3) is 0 Å². The number of carbonyl (C=O) groups is 1. The van der Waals surface area contributed by atoms with E-state index in [0.717, 1.165) is 24.7 Å². The Morgan fingerprint density at radius 3 is 2.68 bits per heavy atom. The predicted octanol–water partition coefficient (Wildman–Crippen LogP) is 0.999. The molecule has 0 aromatic carbocycles. The molecular formula is C11H21N5O2S. The van der Waals surface area contributed by atoms with Gasteiger partial charge in [-0.2, -0.15) is 0 Å². The van der Waals surface area contributed by atoms with Crippen LogP contribution in [0.4, 0.5) is 0 Å². The van der Waals surface area contributed by atoms with E-state index in [0.29, 0.717) is 11.1 Å². The highest BCUT2D eigenvalue weighted by molar-refractivity contribution is 7.99. The Labute approximate surface area is 117 Å². The van der Waals surface area contributed by atoms with Gasteiger partial charge in [-0.25, -0.2) is 4.68 Å². The molecule has 0 fully saturated rings. The van der Waals surface area contributed by atoms with Crippen molar-refractivity contribution in [3.63, 3.8) is 0 Å². The van der Waals surface area contributed by atoms with Gasteiger partial charge in [-0.05, 0) is 36.9 Å². The molecule has 0 bridgehead atoms. The molecule has 1 unspecified atom stereocenters. The first-order valence-electron chi connectivity index (χ1n) is 6.17. The lowest BCUT2D eigenvalue weighted by Crippen LogP contribution is -2.27. The van der Waals surface area contributed by atoms with Crippen molar-refractivity contribution in [3.8, 4) is 0 Å². The summed E-state index contributed by atoms with van der Waals surface area (Å²) in [6.07, 6.45) is 0.948. The molecule has 7 nitrogen and oxygen atoms in total. The maximum atomic E-state index is 10.6. The SMILES string of the molecule is CC(C)CC(CN(C)C)n1nnnc1SCC(=O)O. The lowest BCUT2D eigenvalue weighted by Gasteiger charge is -2.23. The topological polar surface area (TPSA) is 84.1 Å². The summed E-state index contributed by atoms with van der Waals surface area (Å²) in [5, 5.41) is 20.9. The highest BCUT2D eigenvalue weighted by Gasteiger charge is 2.20. The Morgan fingerprint density at radius 1 is 1.47 bits per heavy atom. The van der Waals surface area contributed by atoms with Crippen molar-refractivity contribution < 1.29 is 9.90 Å². The van der Waals surface area contributed by atoms with E-state index in [-0.39, 0.29) is 11.8 Å². The molecule has 0 aliphatic carbocycles. The minimum atomic E-state index is -0.868. The van der Waals surface area contributed by atoms with Crippen LogP contribution in [0.3, 0.4) is 0 Å². The first-order chi connectivity index (χ1) is 8.90. The summed E-state index contributed by atoms with van der Waals surface area (Å²) in [4.78, 5) is 12.7. The molecule has 8 heteroatoms. The number of nitrogens with zero attached hydrogens (tertiary/aromatic N) is 5. The van der Waals surface area contributed by atoms with Crippen LogP contribution >= 0.6 is 11.8 Å². The van der Waals surface area contributed by atoms with E-state index in [1.807, 2.05) is 14.1 Å². The second kappa shape index (κ2) is 7.44. The van der Waals surface area contributed by atoms with E-state index < -0.39 is 5.97 Å². The third-order valence-electron chi connectivity index (χ3n) is 2.45. The summed E-state index contributed by atoms with van der Waals surface area (Å²) in [7, 11) is 4.00. The molecular weight excluding hydrogens is 266 g/mol. The van der Waals surface area contributed by atoms with Gasteiger partial charge in [-0.1, -0.05) is 25.6 Å². The van der Waals surface area contributed by atoms with E-state index in [1.54, 1.807) is 4.68 Å². The number of thioether (sulfide) groups is 1. The molecule has 1 aromatic heterocycles. The van der Waals surface area contributed by atoms with Crippen LogP contribution in [-0.4, -0.2) is 62.6 Å². The van der Waals surface area contributed by atoms with E-state index in [1.165, 1.54) is 0 Å². The van der Waals surface area contributed by atoms with Crippen molar-refractivity contribution in [1.29, 1.82) is 0 Å². The fourth-order valence-electron chi connectivity index (χ4n) is 1.85. The Morgan fingerprint density at radius 2 is 2.16 bits per heavy atom. The van der Waals surface area contributed by atoms with E-state index >= 15 is 0 Å². The van der Waals surface area contributed by atoms with Crippen molar-refractivity contribution in [2.24, 2.45) is 5.92 Å². The molecule has 0 aliphatic rings. The monoisotopic (exact) mass is 287 g/mol. The number of carboxylic acids is 1. The van der Waals surface area contributed by atoms with Crippen LogP contribution < -0.4 is 0 Å². The molecule has 1 atom stereocenters. The first kappa shape index (κ1) is 15.9. The quantitative estimate of drug-likeness (QED) is 0.714. The third kappa shape index (κ3) is 5.56. The first-order valence-corrected chi connectivity index (χ1v) is 7.16. The summed E-state index contributed by atoms with van der Waals surface area (Å²) < 4.78 is 1.74. The number of likely N-dealkylation sites (N-methyl/N-ethyl adjacent to an activating group) is 1. The van der Waals surface area contributed by atoms with E-state index in [9.17, 15) is 4.79 Å². The van der Waals surface area contributed by atoms with Gasteiger partial charge >= 0.3 is 5.97 Å². The van der Waals surface area contributed by atoms with Gasteiger partial charge in [0.05, 0.1) is 11.8 Å². The van der Waals surface area contributed by atoms with Gasteiger partial charge in [0.1, 0.15) is 0 Å². The molecule has 0 aliphatic heterocycles. The fourth-order valence-corrected chi connectivity index (χ4v) is 2.52. The van der Waals surface area contributed by atoms with Crippen molar-refractivity contribution >= 4 is 17.7 Å². The minimum Gasteiger partial charge on any atom is -0.481 e. The number of hydrogen-bond acceptors (Lipinski definition) is 6. The largest absolute Gasteiger partial charge is 0.481 e. The predicted molar refractivity (Wildman–Crippen MR) is 73.2 cm³/mol. The zero-order valence-corrected chi connectivity index (χ0v) is 12.6. The molecule has 0 saturated heterocycles. The van der Waals surface area contributed by atoms with Crippen LogP contribution in [-0.2, 0) is 4.79 Å². The molecule has 19 heavy (non-hydrogen) atoms. The zero-order valence-electron chi connectivity index (χ0n) is 11.8. The zero-order chi connectivity index (χ0) is 14.4. The van der Waals surface area contributed by atoms with Gasteiger partial charge in [-0.15, -0.1) is 5.10 Å². The molecule has 1 aromatic rings. The lowest BCUT2D eigenvalue weighted by atomic mass is 10.0. The van der Waals surface area contributed by atoms with Crippen molar-refractivity contribution in [1.82, 2.24) is 25.1 Å². The van der Waals surface area contributed by atoms with Gasteiger partial charge in [0.15, 0.2) is 0 Å². The number of carboxylic acid groups (broad SMARTS) is 1. The standard InChI is InChI=1S/C11H21N5O2S/c1-8(2)5-9(6-15(3)4)16-11(12-13-14-16)19-7-10(17)18/h8-9H,5-7H2,1-4H3,(H,17,18). The fraction of sp³-hybridized carbons (Fsp3) is 0.818. The Hall–Kier alpha value is -1.15. The molecule has 108 valence electrons. The highest BCUT2D eigenvalue weighted by Crippen LogP contribution is 2.23. The number of tetrazole rings is 1. The van der Waals surface area contributed by atoms with Crippen LogP contribution in [0, 0.1) is 5.92 Å². The average molecular weight is 287 g/mol. The van der Waals surface area contributed by atoms with Crippen molar-refractivity contribution in [2.75, 3.05) is 26.4 Å². The summed E-state index contributed by atoms with van der Waals surface area (Å²) in [6.45, 7) is 5.12. The molecule has 0 radical (unpaired) electrons. The van der Waals surface area contributed by atoms with Gasteiger partial charge in [0.2, 0.25) is 5.16 Å². The van der Waals surface area contributed by atoms with Crippen LogP contribution in [0.15, 0.2) is 5.16 Å². The number of aliphatic carboxylic acids is 1. The summed E-state index contributed by atoms with van der Waals surface area (Å²) >= 11 is 1.15. The number of rotatable bonds is 8. The summed E-state index contributed by atoms with van der Waals surface area (Å²) in [6, 6.07) is 0.154. The van der Waals surface area contributed by atoms with Crippen LogP contribution in [0.5, 0.6) is 0 Å². The minimum absolute atomic E-state index is 0.0310. The van der Waals surface area contributed by atoms with Crippen LogP contribution in [0.25, 0.3) is 0 Å². The molecule has 1 N–H and O–H groups in total. The number of aromatic nitrogens is 4. The van der Waals surface area contributed by atoms with E-state index in [2.05, 4.69) is 34.3 Å². The smallest absolute Gasteiger partial charge is 0.313 e. The van der Waals surface area contributed by atoms with Gasteiger partial charge in [0, 0.05) is 6.54 Å². The van der Waals surface area contributed by atoms with Gasteiger partial charge < -0.3 is 10.0 Å². The molecule has 0 amide bonds. The average Bonchev–Trinajstić information content (AvgIpc) is 2.71. The number of hydrogen-bond donors (Lipinski definition) is 1. The second-order valence-electron chi connectivity index (χ2n) is 5.13. The Balaban J connectivity index is 2.82. The maximum Gasteiger partial charge on any atom is 0.313 e. The van der Waals surface area contributed by atoms with Crippen LogP contribution in [0.1, 0.15) is 26.3 Å². The van der Waals surface area contributed by atoms with Crippen molar-refractivity contribution in [2.45, 2.75) is 31.5 Å². The third-order valence-corrected chi connectivity index (χ3v) is 3.37. The van der Waals surface area contributed by atoms with E-state index in [4.69, 9.17) is 5.11 Å². The normalized spacial score (nSPS) is 13.2. The summed E-state index contributed by atoms with van der Waals surface area (Å²) in [5.74, 6) is -0.379. The molecule has 1 rings (SSSR count). The summed E-state index contributed by atoms with van der Waals surface area (Å²) in [5.41, 5.74) is 0. The molecule has 0 spiro atoms. The van der Waals surface area contributed by atoms with Crippen molar-refractivity contribution in [3.05, 3.63) is 0 Å². The van der Waals surface area contributed by atoms with Gasteiger partial charge in [-0.3, -0.25) is 4.79 Å². The van der Waals surface area contributed by atoms with Crippen LogP contribution in [0.2, 0.25) is 0 Å². The molecule has 1 heterocycles.